The van der Waals surface area contributed by atoms with E-state index in [9.17, 15) is 4.79 Å². The van der Waals surface area contributed by atoms with Gasteiger partial charge in [0, 0.05) is 42.9 Å². The van der Waals surface area contributed by atoms with Gasteiger partial charge in [-0.05, 0) is 32.9 Å². The van der Waals surface area contributed by atoms with E-state index in [1.807, 2.05) is 30.0 Å². The number of nitrogens with one attached hydrogen (secondary N) is 1. The third-order valence-electron chi connectivity index (χ3n) is 4.30. The van der Waals surface area contributed by atoms with Crippen molar-refractivity contribution in [3.8, 4) is 5.75 Å². The highest BCUT2D eigenvalue weighted by Crippen LogP contribution is 2.30. The Morgan fingerprint density at radius 1 is 1.36 bits per heavy atom. The maximum Gasteiger partial charge on any atom is 0.323 e. The van der Waals surface area contributed by atoms with Crippen LogP contribution in [0.5, 0.6) is 5.75 Å². The van der Waals surface area contributed by atoms with E-state index >= 15 is 0 Å². The number of aryl methyl sites for hydroxylation is 1. The van der Waals surface area contributed by atoms with Crippen LogP contribution in [0.3, 0.4) is 0 Å². The number of carbonyl (C=O) groups is 1. The van der Waals surface area contributed by atoms with E-state index in [0.717, 1.165) is 18.0 Å². The van der Waals surface area contributed by atoms with Gasteiger partial charge < -0.3 is 14.5 Å². The molecule has 0 bridgehead atoms. The topological polar surface area (TPSA) is 70.6 Å². The Bertz CT molecular complexity index is 761. The molecule has 8 heteroatoms. The molecule has 0 saturated carbocycles. The summed E-state index contributed by atoms with van der Waals surface area (Å²) in [6.45, 7) is 8.10. The summed E-state index contributed by atoms with van der Waals surface area (Å²) < 4.78 is 9.42. The molecule has 1 aromatic heterocycles. The van der Waals surface area contributed by atoms with Gasteiger partial charge in [0.1, 0.15) is 11.6 Å². The quantitative estimate of drug-likeness (QED) is 0.910. The van der Waals surface area contributed by atoms with Crippen LogP contribution in [0.2, 0.25) is 0 Å². The fraction of sp³-hybridized carbons (Fsp3) is 0.471. The average molecular weight is 361 g/mol. The van der Waals surface area contributed by atoms with Crippen molar-refractivity contribution in [2.75, 3.05) is 37.0 Å². The Morgan fingerprint density at radius 2 is 2.16 bits per heavy atom. The molecule has 0 radical (unpaired) electrons. The zero-order chi connectivity index (χ0) is 18.0. The number of urea groups is 1. The molecule has 1 aromatic carbocycles. The van der Waals surface area contributed by atoms with Crippen molar-refractivity contribution < 1.29 is 9.53 Å². The fourth-order valence-corrected chi connectivity index (χ4v) is 3.67. The Kier molecular flexibility index (Phi) is 4.80. The number of nitrogens with zero attached hydrogens (tertiary/aromatic N) is 4. The standard InChI is InChI=1S/C17H23N5O2S/c1-12-18-15(25-20-12)19-16(23)21-8-9-22(17(2,3)11-21)13-6-5-7-14(10-13)24-4/h5-7,10H,8-9,11H2,1-4H3,(H,18,19,20,23). The number of methoxy groups -OCH3 is 1. The minimum absolute atomic E-state index is 0.130. The van der Waals surface area contributed by atoms with Gasteiger partial charge in [-0.1, -0.05) is 6.07 Å². The maximum atomic E-state index is 12.5. The Hall–Kier alpha value is -2.35. The highest BCUT2D eigenvalue weighted by Gasteiger charge is 2.36. The molecule has 0 unspecified atom stereocenters. The summed E-state index contributed by atoms with van der Waals surface area (Å²) in [5, 5.41) is 3.37. The van der Waals surface area contributed by atoms with Gasteiger partial charge in [0.15, 0.2) is 0 Å². The number of carbonyl (C=O) groups excluding carboxylic acids is 1. The van der Waals surface area contributed by atoms with E-state index in [1.54, 1.807) is 7.11 Å². The van der Waals surface area contributed by atoms with Gasteiger partial charge in [-0.25, -0.2) is 9.78 Å². The van der Waals surface area contributed by atoms with Crippen LogP contribution in [0.25, 0.3) is 0 Å². The van der Waals surface area contributed by atoms with Crippen LogP contribution in [0.1, 0.15) is 19.7 Å². The molecule has 2 heterocycles. The summed E-state index contributed by atoms with van der Waals surface area (Å²) >= 11 is 1.20. The number of hydrogen-bond acceptors (Lipinski definition) is 6. The largest absolute Gasteiger partial charge is 0.497 e. The predicted molar refractivity (Wildman–Crippen MR) is 99.7 cm³/mol. The zero-order valence-corrected chi connectivity index (χ0v) is 15.8. The lowest BCUT2D eigenvalue weighted by Crippen LogP contribution is -2.61. The Labute approximate surface area is 151 Å². The molecule has 0 atom stereocenters. The van der Waals surface area contributed by atoms with Gasteiger partial charge in [-0.2, -0.15) is 4.37 Å². The fourth-order valence-electron chi connectivity index (χ4n) is 3.10. The second-order valence-electron chi connectivity index (χ2n) is 6.66. The van der Waals surface area contributed by atoms with Crippen LogP contribution in [-0.2, 0) is 0 Å². The highest BCUT2D eigenvalue weighted by molar-refractivity contribution is 7.09. The first-order valence-corrected chi connectivity index (χ1v) is 8.94. The van der Waals surface area contributed by atoms with Crippen molar-refractivity contribution in [2.45, 2.75) is 26.3 Å². The summed E-state index contributed by atoms with van der Waals surface area (Å²) in [6.07, 6.45) is 0. The molecule has 1 fully saturated rings. The molecule has 2 amide bonds. The van der Waals surface area contributed by atoms with Gasteiger partial charge in [-0.3, -0.25) is 5.32 Å². The molecule has 0 spiro atoms. The second kappa shape index (κ2) is 6.87. The second-order valence-corrected chi connectivity index (χ2v) is 7.42. The molecule has 2 aromatic rings. The van der Waals surface area contributed by atoms with Crippen molar-refractivity contribution in [1.82, 2.24) is 14.3 Å². The van der Waals surface area contributed by atoms with Gasteiger partial charge in [-0.15, -0.1) is 0 Å². The van der Waals surface area contributed by atoms with Gasteiger partial charge in [0.05, 0.1) is 12.6 Å². The van der Waals surface area contributed by atoms with Crippen LogP contribution in [0, 0.1) is 6.92 Å². The van der Waals surface area contributed by atoms with Crippen molar-refractivity contribution in [3.63, 3.8) is 0 Å². The first-order chi connectivity index (χ1) is 11.9. The summed E-state index contributed by atoms with van der Waals surface area (Å²) in [5.74, 6) is 1.50. The molecule has 25 heavy (non-hydrogen) atoms. The van der Waals surface area contributed by atoms with E-state index in [0.29, 0.717) is 24.0 Å². The van der Waals surface area contributed by atoms with E-state index in [4.69, 9.17) is 4.74 Å². The van der Waals surface area contributed by atoms with Crippen LogP contribution >= 0.6 is 11.5 Å². The molecule has 0 aliphatic carbocycles. The average Bonchev–Trinajstić information content (AvgIpc) is 2.98. The number of hydrogen-bond donors (Lipinski definition) is 1. The zero-order valence-electron chi connectivity index (χ0n) is 14.9. The van der Waals surface area contributed by atoms with Crippen molar-refractivity contribution in [1.29, 1.82) is 0 Å². The number of benzene rings is 1. The van der Waals surface area contributed by atoms with Gasteiger partial charge in [0.2, 0.25) is 5.13 Å². The van der Waals surface area contributed by atoms with E-state index in [1.165, 1.54) is 11.5 Å². The molecule has 1 saturated heterocycles. The SMILES string of the molecule is COc1cccc(N2CCN(C(=O)Nc3nc(C)ns3)CC2(C)C)c1. The van der Waals surface area contributed by atoms with Gasteiger partial charge >= 0.3 is 6.03 Å². The predicted octanol–water partition coefficient (Wildman–Crippen LogP) is 2.99. The monoisotopic (exact) mass is 361 g/mol. The van der Waals surface area contributed by atoms with E-state index in [2.05, 4.69) is 39.5 Å². The lowest BCUT2D eigenvalue weighted by Gasteiger charge is -2.48. The summed E-state index contributed by atoms with van der Waals surface area (Å²) in [5.41, 5.74) is 0.906. The van der Waals surface area contributed by atoms with Crippen molar-refractivity contribution in [3.05, 3.63) is 30.1 Å². The molecule has 3 rings (SSSR count). The number of rotatable bonds is 3. The molecular formula is C17H23N5O2S. The highest BCUT2D eigenvalue weighted by atomic mass is 32.1. The number of aromatic nitrogens is 2. The van der Waals surface area contributed by atoms with E-state index < -0.39 is 0 Å². The molecule has 1 aliphatic heterocycles. The number of ether oxygens (including phenoxy) is 1. The Morgan fingerprint density at radius 3 is 2.80 bits per heavy atom. The maximum absolute atomic E-state index is 12.5. The third-order valence-corrected chi connectivity index (χ3v) is 5.02. The minimum Gasteiger partial charge on any atom is -0.497 e. The number of anilines is 2. The molecular weight excluding hydrogens is 338 g/mol. The first-order valence-electron chi connectivity index (χ1n) is 8.17. The summed E-state index contributed by atoms with van der Waals surface area (Å²) in [4.78, 5) is 20.9. The molecule has 1 N–H and O–H groups in total. The molecule has 134 valence electrons. The van der Waals surface area contributed by atoms with E-state index in [-0.39, 0.29) is 11.6 Å². The van der Waals surface area contributed by atoms with Crippen LogP contribution < -0.4 is 15.0 Å². The lowest BCUT2D eigenvalue weighted by molar-refractivity contribution is 0.181. The molecule has 7 nitrogen and oxygen atoms in total. The van der Waals surface area contributed by atoms with Crippen LogP contribution in [0.4, 0.5) is 15.6 Å². The minimum atomic E-state index is -0.195. The molecule has 1 aliphatic rings. The number of piperazine rings is 1. The van der Waals surface area contributed by atoms with Crippen molar-refractivity contribution >= 4 is 28.4 Å². The summed E-state index contributed by atoms with van der Waals surface area (Å²) in [6, 6.07) is 7.89. The third kappa shape index (κ3) is 3.84. The Balaban J connectivity index is 1.70. The van der Waals surface area contributed by atoms with Gasteiger partial charge in [0.25, 0.3) is 0 Å². The van der Waals surface area contributed by atoms with Crippen LogP contribution in [0.15, 0.2) is 24.3 Å². The summed E-state index contributed by atoms with van der Waals surface area (Å²) in [7, 11) is 1.67. The normalized spacial score (nSPS) is 16.6. The van der Waals surface area contributed by atoms with Crippen molar-refractivity contribution in [2.24, 2.45) is 0 Å². The first kappa shape index (κ1) is 17.5. The smallest absolute Gasteiger partial charge is 0.323 e. The lowest BCUT2D eigenvalue weighted by atomic mass is 9.98. The number of amides is 2. The van der Waals surface area contributed by atoms with Crippen LogP contribution in [-0.4, -0.2) is 52.6 Å².